The van der Waals surface area contributed by atoms with E-state index in [0.29, 0.717) is 18.0 Å². The number of carbonyl (C=O) groups is 1. The second kappa shape index (κ2) is 8.45. The highest BCUT2D eigenvalue weighted by Crippen LogP contribution is 2.24. The predicted octanol–water partition coefficient (Wildman–Crippen LogP) is 2.05. The Hall–Kier alpha value is -4.08. The molecular formula is C23H24N8O2. The van der Waals surface area contributed by atoms with Crippen LogP contribution in [0.3, 0.4) is 0 Å². The molecule has 1 atom stereocenters. The van der Waals surface area contributed by atoms with Gasteiger partial charge in [-0.15, -0.1) is 10.2 Å². The Labute approximate surface area is 189 Å². The van der Waals surface area contributed by atoms with Gasteiger partial charge in [0.15, 0.2) is 11.5 Å². The molecule has 3 aromatic heterocycles. The zero-order chi connectivity index (χ0) is 22.9. The van der Waals surface area contributed by atoms with Crippen molar-refractivity contribution in [3.63, 3.8) is 0 Å². The highest BCUT2D eigenvalue weighted by molar-refractivity contribution is 5.93. The van der Waals surface area contributed by atoms with E-state index in [2.05, 4.69) is 30.6 Å². The molecule has 1 saturated heterocycles. The van der Waals surface area contributed by atoms with Gasteiger partial charge in [-0.25, -0.2) is 4.68 Å². The summed E-state index contributed by atoms with van der Waals surface area (Å²) in [4.78, 5) is 26.6. The molecule has 4 aromatic rings. The number of benzene rings is 1. The molecule has 1 aliphatic heterocycles. The Morgan fingerprint density at radius 2 is 1.85 bits per heavy atom. The summed E-state index contributed by atoms with van der Waals surface area (Å²) in [6.45, 7) is 3.24. The smallest absolute Gasteiger partial charge is 0.266 e. The summed E-state index contributed by atoms with van der Waals surface area (Å²) in [5.74, 6) is 1.27. The van der Waals surface area contributed by atoms with Gasteiger partial charge in [0, 0.05) is 37.5 Å². The van der Waals surface area contributed by atoms with Gasteiger partial charge in [0.2, 0.25) is 5.91 Å². The van der Waals surface area contributed by atoms with Gasteiger partial charge in [0.05, 0.1) is 11.6 Å². The topological polar surface area (TPSA) is 110 Å². The molecule has 0 radical (unpaired) electrons. The van der Waals surface area contributed by atoms with Crippen LogP contribution < -0.4 is 15.8 Å². The van der Waals surface area contributed by atoms with Crippen LogP contribution in [0.15, 0.2) is 53.3 Å². The summed E-state index contributed by atoms with van der Waals surface area (Å²) in [5, 5.41) is 20.0. The Bertz CT molecular complexity index is 1380. The summed E-state index contributed by atoms with van der Waals surface area (Å²) >= 11 is 0. The van der Waals surface area contributed by atoms with E-state index in [-0.39, 0.29) is 17.4 Å². The second-order valence-corrected chi connectivity index (χ2v) is 8.24. The summed E-state index contributed by atoms with van der Waals surface area (Å²) in [6.07, 6.45) is 1.70. The summed E-state index contributed by atoms with van der Waals surface area (Å²) in [6, 6.07) is 14.6. The van der Waals surface area contributed by atoms with Crippen molar-refractivity contribution in [3.05, 3.63) is 64.7 Å². The fourth-order valence-corrected chi connectivity index (χ4v) is 4.08. The number of amides is 1. The molecule has 1 amide bonds. The van der Waals surface area contributed by atoms with Gasteiger partial charge in [-0.3, -0.25) is 9.59 Å². The maximum atomic E-state index is 12.9. The quantitative estimate of drug-likeness (QED) is 0.513. The first-order chi connectivity index (χ1) is 16.0. The van der Waals surface area contributed by atoms with Gasteiger partial charge in [-0.2, -0.15) is 14.7 Å². The number of aromatic nitrogens is 6. The standard InChI is InChI=1S/C23H24N8O2/c1-15-25-26-20-10-9-19(27-31(15)20)16-5-7-18(8-6-16)24-23(33)17-4-3-13-30(14-17)21-11-12-22(32)29(2)28-21/h5-12,17H,3-4,13-14H2,1-2H3,(H,24,33)/t17-/m0/s1. The number of fused-ring (bicyclic) bond motifs is 1. The normalized spacial score (nSPS) is 16.2. The molecule has 0 saturated carbocycles. The number of anilines is 2. The Kier molecular flexibility index (Phi) is 5.33. The zero-order valence-corrected chi connectivity index (χ0v) is 18.5. The molecular weight excluding hydrogens is 420 g/mol. The minimum Gasteiger partial charge on any atom is -0.354 e. The highest BCUT2D eigenvalue weighted by Gasteiger charge is 2.27. The summed E-state index contributed by atoms with van der Waals surface area (Å²) in [5.41, 5.74) is 3.03. The van der Waals surface area contributed by atoms with Gasteiger partial charge < -0.3 is 10.2 Å². The van der Waals surface area contributed by atoms with E-state index in [4.69, 9.17) is 0 Å². The van der Waals surface area contributed by atoms with Crippen LogP contribution in [-0.2, 0) is 11.8 Å². The lowest BCUT2D eigenvalue weighted by Gasteiger charge is -2.32. The van der Waals surface area contributed by atoms with Gasteiger partial charge >= 0.3 is 0 Å². The van der Waals surface area contributed by atoms with Crippen LogP contribution in [0, 0.1) is 12.8 Å². The lowest BCUT2D eigenvalue weighted by Crippen LogP contribution is -2.41. The number of hydrogen-bond donors (Lipinski definition) is 1. The third-order valence-electron chi connectivity index (χ3n) is 5.93. The van der Waals surface area contributed by atoms with Crippen LogP contribution in [0.5, 0.6) is 0 Å². The van der Waals surface area contributed by atoms with Gasteiger partial charge in [-0.05, 0) is 50.1 Å². The first kappa shape index (κ1) is 20.8. The van der Waals surface area contributed by atoms with E-state index >= 15 is 0 Å². The van der Waals surface area contributed by atoms with Gasteiger partial charge in [0.1, 0.15) is 5.82 Å². The fourth-order valence-electron chi connectivity index (χ4n) is 4.08. The molecule has 10 nitrogen and oxygen atoms in total. The number of piperidine rings is 1. The molecule has 4 heterocycles. The summed E-state index contributed by atoms with van der Waals surface area (Å²) < 4.78 is 3.02. The molecule has 168 valence electrons. The third-order valence-corrected chi connectivity index (χ3v) is 5.93. The molecule has 5 rings (SSSR count). The molecule has 0 aliphatic carbocycles. The molecule has 1 aliphatic rings. The molecule has 1 fully saturated rings. The summed E-state index contributed by atoms with van der Waals surface area (Å²) in [7, 11) is 1.63. The Balaban J connectivity index is 1.26. The van der Waals surface area contributed by atoms with Gasteiger partial charge in [-0.1, -0.05) is 12.1 Å². The number of hydrogen-bond acceptors (Lipinski definition) is 7. The first-order valence-corrected chi connectivity index (χ1v) is 10.9. The molecule has 1 aromatic carbocycles. The van der Waals surface area contributed by atoms with E-state index in [1.54, 1.807) is 17.6 Å². The molecule has 0 spiro atoms. The SMILES string of the molecule is Cc1nnc2ccc(-c3ccc(NC(=O)[C@H]4CCCN(c5ccc(=O)n(C)n5)C4)cc3)nn12. The second-order valence-electron chi connectivity index (χ2n) is 8.24. The predicted molar refractivity (Wildman–Crippen MR) is 124 cm³/mol. The van der Waals surface area contributed by atoms with Crippen LogP contribution in [0.25, 0.3) is 16.9 Å². The number of rotatable bonds is 4. The fraction of sp³-hybridized carbons (Fsp3) is 0.304. The average Bonchev–Trinajstić information content (AvgIpc) is 3.21. The Morgan fingerprint density at radius 3 is 2.64 bits per heavy atom. The molecule has 10 heteroatoms. The number of carbonyl (C=O) groups excluding carboxylic acids is 1. The van der Waals surface area contributed by atoms with E-state index in [0.717, 1.165) is 42.2 Å². The van der Waals surface area contributed by atoms with Crippen molar-refractivity contribution >= 4 is 23.1 Å². The zero-order valence-electron chi connectivity index (χ0n) is 18.5. The number of nitrogens with one attached hydrogen (secondary N) is 1. The maximum absolute atomic E-state index is 12.9. The van der Waals surface area contributed by atoms with Crippen molar-refractivity contribution in [2.75, 3.05) is 23.3 Å². The molecule has 0 unspecified atom stereocenters. The van der Waals surface area contributed by atoms with Crippen LogP contribution in [-0.4, -0.2) is 48.6 Å². The van der Waals surface area contributed by atoms with Crippen molar-refractivity contribution in [3.8, 4) is 11.3 Å². The minimum atomic E-state index is -0.154. The Morgan fingerprint density at radius 1 is 1.03 bits per heavy atom. The van der Waals surface area contributed by atoms with Crippen LogP contribution in [0.2, 0.25) is 0 Å². The van der Waals surface area contributed by atoms with Crippen molar-refractivity contribution in [2.24, 2.45) is 13.0 Å². The van der Waals surface area contributed by atoms with Crippen LogP contribution in [0.1, 0.15) is 18.7 Å². The number of nitrogens with zero attached hydrogens (tertiary/aromatic N) is 7. The third kappa shape index (κ3) is 4.19. The lowest BCUT2D eigenvalue weighted by atomic mass is 9.97. The van der Waals surface area contributed by atoms with E-state index < -0.39 is 0 Å². The van der Waals surface area contributed by atoms with Crippen LogP contribution >= 0.6 is 0 Å². The maximum Gasteiger partial charge on any atom is 0.266 e. The molecule has 1 N–H and O–H groups in total. The van der Waals surface area contributed by atoms with Crippen molar-refractivity contribution < 1.29 is 4.79 Å². The minimum absolute atomic E-state index is 0.0167. The largest absolute Gasteiger partial charge is 0.354 e. The molecule has 33 heavy (non-hydrogen) atoms. The average molecular weight is 444 g/mol. The van der Waals surface area contributed by atoms with E-state index in [9.17, 15) is 9.59 Å². The van der Waals surface area contributed by atoms with E-state index in [1.807, 2.05) is 43.3 Å². The first-order valence-electron chi connectivity index (χ1n) is 10.9. The van der Waals surface area contributed by atoms with Crippen LogP contribution in [0.4, 0.5) is 11.5 Å². The number of aryl methyl sites for hydroxylation is 2. The van der Waals surface area contributed by atoms with Crippen molar-refractivity contribution in [2.45, 2.75) is 19.8 Å². The van der Waals surface area contributed by atoms with E-state index in [1.165, 1.54) is 10.7 Å². The van der Waals surface area contributed by atoms with Crippen molar-refractivity contribution in [1.29, 1.82) is 0 Å². The van der Waals surface area contributed by atoms with Gasteiger partial charge in [0.25, 0.3) is 5.56 Å². The molecule has 0 bridgehead atoms. The van der Waals surface area contributed by atoms with Crippen molar-refractivity contribution in [1.82, 2.24) is 29.6 Å². The lowest BCUT2D eigenvalue weighted by molar-refractivity contribution is -0.120. The highest BCUT2D eigenvalue weighted by atomic mass is 16.2. The monoisotopic (exact) mass is 444 g/mol.